The number of nitrogens with one attached hydrogen (secondary N) is 1. The second kappa shape index (κ2) is 6.95. The fourth-order valence-corrected chi connectivity index (χ4v) is 2.93. The maximum absolute atomic E-state index is 5.72. The first kappa shape index (κ1) is 14.4. The lowest BCUT2D eigenvalue weighted by molar-refractivity contribution is 0.242. The molecule has 2 unspecified atom stereocenters. The summed E-state index contributed by atoms with van der Waals surface area (Å²) in [5.41, 5.74) is 1.31. The summed E-state index contributed by atoms with van der Waals surface area (Å²) in [6.07, 6.45) is 4.43. The van der Waals surface area contributed by atoms with Crippen LogP contribution in [-0.2, 0) is 6.54 Å². The van der Waals surface area contributed by atoms with Crippen LogP contribution in [0.4, 0.5) is 0 Å². The molecule has 1 aromatic carbocycles. The highest BCUT2D eigenvalue weighted by molar-refractivity contribution is 5.28. The van der Waals surface area contributed by atoms with Crippen molar-refractivity contribution in [3.05, 3.63) is 29.8 Å². The van der Waals surface area contributed by atoms with Crippen molar-refractivity contribution >= 4 is 0 Å². The van der Waals surface area contributed by atoms with Gasteiger partial charge in [-0.1, -0.05) is 25.5 Å². The third-order valence-corrected chi connectivity index (χ3v) is 3.84. The second-order valence-electron chi connectivity index (χ2n) is 6.23. The van der Waals surface area contributed by atoms with Gasteiger partial charge in [0.2, 0.25) is 0 Å². The monoisotopic (exact) mass is 261 g/mol. The van der Waals surface area contributed by atoms with Crippen molar-refractivity contribution in [3.8, 4) is 5.75 Å². The molecule has 0 saturated heterocycles. The van der Waals surface area contributed by atoms with Gasteiger partial charge in [0, 0.05) is 6.54 Å². The largest absolute Gasteiger partial charge is 0.491 e. The number of hydrogen-bond donors (Lipinski definition) is 1. The van der Waals surface area contributed by atoms with Crippen LogP contribution in [0.25, 0.3) is 0 Å². The summed E-state index contributed by atoms with van der Waals surface area (Å²) in [7, 11) is 0. The first-order valence-electron chi connectivity index (χ1n) is 7.60. The van der Waals surface area contributed by atoms with Crippen LogP contribution in [0.2, 0.25) is 0 Å². The van der Waals surface area contributed by atoms with Crippen LogP contribution in [-0.4, -0.2) is 12.6 Å². The lowest BCUT2D eigenvalue weighted by atomic mass is 10.1. The Hall–Kier alpha value is -1.02. The zero-order valence-electron chi connectivity index (χ0n) is 12.5. The van der Waals surface area contributed by atoms with E-state index in [0.29, 0.717) is 0 Å². The average molecular weight is 261 g/mol. The van der Waals surface area contributed by atoms with Crippen LogP contribution >= 0.6 is 0 Å². The zero-order chi connectivity index (χ0) is 13.7. The molecule has 106 valence electrons. The summed E-state index contributed by atoms with van der Waals surface area (Å²) in [4.78, 5) is 0. The quantitative estimate of drug-likeness (QED) is 0.835. The highest BCUT2D eigenvalue weighted by Crippen LogP contribution is 2.29. The van der Waals surface area contributed by atoms with Gasteiger partial charge in [0.25, 0.3) is 0 Å². The van der Waals surface area contributed by atoms with Gasteiger partial charge in [-0.05, 0) is 62.8 Å². The van der Waals surface area contributed by atoms with Gasteiger partial charge in [0.05, 0.1) is 6.10 Å². The van der Waals surface area contributed by atoms with E-state index in [4.69, 9.17) is 4.74 Å². The molecule has 0 amide bonds. The summed E-state index contributed by atoms with van der Waals surface area (Å²) < 4.78 is 5.72. The summed E-state index contributed by atoms with van der Waals surface area (Å²) in [5, 5.41) is 3.59. The Morgan fingerprint density at radius 3 is 2.84 bits per heavy atom. The molecule has 19 heavy (non-hydrogen) atoms. The van der Waals surface area contributed by atoms with E-state index in [0.717, 1.165) is 30.7 Å². The minimum Gasteiger partial charge on any atom is -0.491 e. The number of hydrogen-bond acceptors (Lipinski definition) is 2. The Kier molecular flexibility index (Phi) is 5.26. The molecule has 1 fully saturated rings. The molecule has 1 aliphatic rings. The van der Waals surface area contributed by atoms with Crippen LogP contribution in [0.1, 0.15) is 45.6 Å². The van der Waals surface area contributed by atoms with Gasteiger partial charge in [0.1, 0.15) is 5.75 Å². The van der Waals surface area contributed by atoms with Crippen LogP contribution in [0.15, 0.2) is 24.3 Å². The third-order valence-electron chi connectivity index (χ3n) is 3.84. The van der Waals surface area contributed by atoms with Crippen LogP contribution in [0.3, 0.4) is 0 Å². The van der Waals surface area contributed by atoms with Crippen LogP contribution in [0.5, 0.6) is 5.75 Å². The molecule has 2 nitrogen and oxygen atoms in total. The van der Waals surface area contributed by atoms with Crippen molar-refractivity contribution in [2.24, 2.45) is 11.8 Å². The van der Waals surface area contributed by atoms with Gasteiger partial charge in [0.15, 0.2) is 0 Å². The summed E-state index contributed by atoms with van der Waals surface area (Å²) >= 11 is 0. The molecular weight excluding hydrogens is 234 g/mol. The molecule has 0 heterocycles. The van der Waals surface area contributed by atoms with Crippen molar-refractivity contribution in [3.63, 3.8) is 0 Å². The molecule has 0 radical (unpaired) electrons. The normalized spacial score (nSPS) is 22.9. The third kappa shape index (κ3) is 4.87. The van der Waals surface area contributed by atoms with E-state index >= 15 is 0 Å². The number of ether oxygens (including phenoxy) is 1. The van der Waals surface area contributed by atoms with Gasteiger partial charge in [-0.3, -0.25) is 0 Å². The van der Waals surface area contributed by atoms with E-state index in [-0.39, 0.29) is 6.10 Å². The Morgan fingerprint density at radius 2 is 2.16 bits per heavy atom. The van der Waals surface area contributed by atoms with E-state index in [1.807, 2.05) is 6.07 Å². The predicted octanol–water partition coefficient (Wildman–Crippen LogP) is 4.00. The van der Waals surface area contributed by atoms with Gasteiger partial charge < -0.3 is 10.1 Å². The molecule has 0 aliphatic heterocycles. The van der Waals surface area contributed by atoms with Crippen molar-refractivity contribution in [2.45, 2.75) is 52.7 Å². The van der Waals surface area contributed by atoms with E-state index in [1.165, 1.54) is 24.8 Å². The molecule has 2 atom stereocenters. The van der Waals surface area contributed by atoms with Gasteiger partial charge >= 0.3 is 0 Å². The maximum atomic E-state index is 5.72. The average Bonchev–Trinajstić information content (AvgIpc) is 2.75. The van der Waals surface area contributed by atoms with E-state index in [9.17, 15) is 0 Å². The minimum absolute atomic E-state index is 0.239. The first-order chi connectivity index (χ1) is 9.13. The number of benzene rings is 1. The zero-order valence-corrected chi connectivity index (χ0v) is 12.5. The van der Waals surface area contributed by atoms with Gasteiger partial charge in [-0.15, -0.1) is 0 Å². The Bertz CT molecular complexity index is 389. The molecule has 1 aliphatic carbocycles. The Balaban J connectivity index is 1.76. The lowest BCUT2D eigenvalue weighted by Gasteiger charge is -2.13. The van der Waals surface area contributed by atoms with Crippen molar-refractivity contribution < 1.29 is 4.74 Å². The predicted molar refractivity (Wildman–Crippen MR) is 80.4 cm³/mol. The molecule has 1 N–H and O–H groups in total. The highest BCUT2D eigenvalue weighted by atomic mass is 16.5. The van der Waals surface area contributed by atoms with Crippen LogP contribution < -0.4 is 10.1 Å². The number of rotatable bonds is 6. The first-order valence-corrected chi connectivity index (χ1v) is 7.60. The van der Waals surface area contributed by atoms with E-state index in [1.54, 1.807) is 0 Å². The second-order valence-corrected chi connectivity index (χ2v) is 6.23. The molecule has 1 aromatic rings. The van der Waals surface area contributed by atoms with Crippen molar-refractivity contribution in [1.29, 1.82) is 0 Å². The van der Waals surface area contributed by atoms with E-state index < -0.39 is 0 Å². The SMILES string of the molecule is CC1CCC(CNCc2cccc(OC(C)C)c2)C1. The van der Waals surface area contributed by atoms with Gasteiger partial charge in [-0.2, -0.15) is 0 Å². The lowest BCUT2D eigenvalue weighted by Crippen LogP contribution is -2.21. The summed E-state index contributed by atoms with van der Waals surface area (Å²) in [5.74, 6) is 2.78. The van der Waals surface area contributed by atoms with Gasteiger partial charge in [-0.25, -0.2) is 0 Å². The molecular formula is C17H27NO. The molecule has 0 bridgehead atoms. The smallest absolute Gasteiger partial charge is 0.120 e. The summed E-state index contributed by atoms with van der Waals surface area (Å²) in [6, 6.07) is 8.41. The summed E-state index contributed by atoms with van der Waals surface area (Å²) in [6.45, 7) is 8.59. The maximum Gasteiger partial charge on any atom is 0.120 e. The fraction of sp³-hybridized carbons (Fsp3) is 0.647. The highest BCUT2D eigenvalue weighted by Gasteiger charge is 2.20. The van der Waals surface area contributed by atoms with Crippen LogP contribution in [0, 0.1) is 11.8 Å². The van der Waals surface area contributed by atoms with E-state index in [2.05, 4.69) is 44.3 Å². The standard InChI is InChI=1S/C17H27NO/c1-13(2)19-17-6-4-5-15(10-17)11-18-12-16-8-7-14(3)9-16/h4-6,10,13-14,16,18H,7-9,11-12H2,1-3H3. The molecule has 0 spiro atoms. The topological polar surface area (TPSA) is 21.3 Å². The Labute approximate surface area is 117 Å². The molecule has 2 heteroatoms. The Morgan fingerprint density at radius 1 is 1.32 bits per heavy atom. The fourth-order valence-electron chi connectivity index (χ4n) is 2.93. The molecule has 0 aromatic heterocycles. The van der Waals surface area contributed by atoms with Crippen molar-refractivity contribution in [1.82, 2.24) is 5.32 Å². The molecule has 2 rings (SSSR count). The van der Waals surface area contributed by atoms with Crippen molar-refractivity contribution in [2.75, 3.05) is 6.54 Å². The molecule has 1 saturated carbocycles. The minimum atomic E-state index is 0.239.